The van der Waals surface area contributed by atoms with E-state index in [-0.39, 0.29) is 26.2 Å². The highest BCUT2D eigenvalue weighted by atomic mass is 31.2. The molecule has 10 heteroatoms. The monoisotopic (exact) mass is 603 g/mol. The topological polar surface area (TPSA) is 134 Å². The van der Waals surface area contributed by atoms with Gasteiger partial charge in [-0.2, -0.15) is 0 Å². The van der Waals surface area contributed by atoms with Gasteiger partial charge in [0.1, 0.15) is 6.61 Å². The average molecular weight is 604 g/mol. The molecule has 0 spiro atoms. The summed E-state index contributed by atoms with van der Waals surface area (Å²) in [5.74, 6) is -1.34. The van der Waals surface area contributed by atoms with Gasteiger partial charge in [-0.25, -0.2) is 4.57 Å². The second-order valence-corrected chi connectivity index (χ2v) is 11.8. The lowest BCUT2D eigenvalue weighted by Crippen LogP contribution is -2.32. The van der Waals surface area contributed by atoms with E-state index in [1.54, 1.807) is 0 Å². The maximum atomic E-state index is 13.0. The Labute approximate surface area is 249 Å². The van der Waals surface area contributed by atoms with Crippen LogP contribution in [0.25, 0.3) is 0 Å². The quantitative estimate of drug-likeness (QED) is 0.0402. The fourth-order valence-electron chi connectivity index (χ4n) is 3.95. The summed E-state index contributed by atoms with van der Waals surface area (Å²) in [6.45, 7) is 5.54. The first-order chi connectivity index (χ1) is 19.8. The summed E-state index contributed by atoms with van der Waals surface area (Å²) < 4.78 is 32.9. The maximum Gasteiger partial charge on any atom is 0.472 e. The van der Waals surface area contributed by atoms with E-state index in [0.29, 0.717) is 12.8 Å². The van der Waals surface area contributed by atoms with E-state index >= 15 is 0 Å². The number of carbonyl (C=O) groups excluding carboxylic acids is 2. The van der Waals surface area contributed by atoms with Gasteiger partial charge in [-0.15, -0.1) is 0 Å². The molecule has 3 unspecified atom stereocenters. The number of hydrogen-bond acceptors (Lipinski definition) is 8. The van der Waals surface area contributed by atoms with Gasteiger partial charge in [-0.05, 0) is 51.4 Å². The smallest absolute Gasteiger partial charge is 0.462 e. The van der Waals surface area contributed by atoms with Crippen molar-refractivity contribution in [2.24, 2.45) is 11.7 Å². The minimum atomic E-state index is -4.39. The third-order valence-electron chi connectivity index (χ3n) is 6.42. The first kappa shape index (κ1) is 39.5. The van der Waals surface area contributed by atoms with Gasteiger partial charge in [0.15, 0.2) is 6.10 Å². The van der Waals surface area contributed by atoms with Crippen LogP contribution in [0.1, 0.15) is 124 Å². The summed E-state index contributed by atoms with van der Waals surface area (Å²) in [4.78, 5) is 35.2. The molecule has 0 bridgehead atoms. The van der Waals surface area contributed by atoms with Crippen molar-refractivity contribution in [3.05, 3.63) is 24.3 Å². The van der Waals surface area contributed by atoms with Crippen molar-refractivity contribution in [3.63, 3.8) is 0 Å². The van der Waals surface area contributed by atoms with Gasteiger partial charge < -0.3 is 20.1 Å². The Morgan fingerprint density at radius 3 is 2.02 bits per heavy atom. The standard InChI is InChI=1S/C31H58NO8P/c1-4-7-10-12-13-14-15-16-18-20-23-30(33)37-26-29(27-39-41(35,36)38-25-24-32)40-31(34)28(21-9-6-3)22-19-17-11-8-5-2/h13-14,19,22,28-29H,4-12,15-18,20-21,23-27,32H2,1-3H3,(H,35,36)/b14-13+,22-19?. The van der Waals surface area contributed by atoms with Gasteiger partial charge >= 0.3 is 19.8 Å². The molecule has 0 saturated carbocycles. The van der Waals surface area contributed by atoms with E-state index in [4.69, 9.17) is 24.3 Å². The lowest BCUT2D eigenvalue weighted by atomic mass is 10.0. The van der Waals surface area contributed by atoms with Crippen LogP contribution < -0.4 is 5.73 Å². The molecule has 0 aromatic carbocycles. The van der Waals surface area contributed by atoms with Gasteiger partial charge in [-0.1, -0.05) is 90.0 Å². The number of hydrogen-bond donors (Lipinski definition) is 2. The van der Waals surface area contributed by atoms with Crippen LogP contribution in [0.5, 0.6) is 0 Å². The normalized spacial score (nSPS) is 14.8. The molecule has 0 amide bonds. The minimum Gasteiger partial charge on any atom is -0.462 e. The van der Waals surface area contributed by atoms with E-state index in [2.05, 4.69) is 32.9 Å². The fraction of sp³-hybridized carbons (Fsp3) is 0.806. The van der Waals surface area contributed by atoms with E-state index in [1.807, 2.05) is 12.2 Å². The first-order valence-electron chi connectivity index (χ1n) is 15.8. The van der Waals surface area contributed by atoms with Crippen LogP contribution in [0, 0.1) is 5.92 Å². The van der Waals surface area contributed by atoms with Gasteiger partial charge in [-0.3, -0.25) is 18.6 Å². The van der Waals surface area contributed by atoms with Gasteiger partial charge in [0, 0.05) is 13.0 Å². The fourth-order valence-corrected chi connectivity index (χ4v) is 4.72. The number of carbonyl (C=O) groups is 2. The van der Waals surface area contributed by atoms with Crippen molar-refractivity contribution < 1.29 is 37.6 Å². The van der Waals surface area contributed by atoms with Crippen molar-refractivity contribution in [1.29, 1.82) is 0 Å². The largest absolute Gasteiger partial charge is 0.472 e. The summed E-state index contributed by atoms with van der Waals surface area (Å²) in [5, 5.41) is 0. The molecular formula is C31H58NO8P. The Hall–Kier alpha value is -1.51. The van der Waals surface area contributed by atoms with Crippen molar-refractivity contribution in [1.82, 2.24) is 0 Å². The Balaban J connectivity index is 4.90. The third kappa shape index (κ3) is 24.8. The predicted octanol–water partition coefficient (Wildman–Crippen LogP) is 7.56. The van der Waals surface area contributed by atoms with Gasteiger partial charge in [0.25, 0.3) is 0 Å². The molecule has 0 heterocycles. The molecule has 0 aromatic rings. The Morgan fingerprint density at radius 1 is 0.805 bits per heavy atom. The van der Waals surface area contributed by atoms with E-state index in [0.717, 1.165) is 64.2 Å². The molecule has 3 N–H and O–H groups in total. The molecule has 0 aromatic heterocycles. The number of phosphoric ester groups is 1. The summed E-state index contributed by atoms with van der Waals surface area (Å²) in [5.41, 5.74) is 5.33. The molecule has 0 aliphatic rings. The molecule has 0 fully saturated rings. The molecule has 9 nitrogen and oxygen atoms in total. The van der Waals surface area contributed by atoms with Crippen LogP contribution in [-0.2, 0) is 32.7 Å². The molecule has 0 saturated heterocycles. The summed E-state index contributed by atoms with van der Waals surface area (Å²) in [6, 6.07) is 0. The van der Waals surface area contributed by atoms with Gasteiger partial charge in [0.2, 0.25) is 0 Å². The van der Waals surface area contributed by atoms with E-state index in [9.17, 15) is 19.0 Å². The maximum absolute atomic E-state index is 13.0. The van der Waals surface area contributed by atoms with Crippen LogP contribution in [0.15, 0.2) is 24.3 Å². The summed E-state index contributed by atoms with van der Waals surface area (Å²) in [6.07, 6.45) is 22.5. The van der Waals surface area contributed by atoms with Crippen LogP contribution in [-0.4, -0.2) is 49.3 Å². The van der Waals surface area contributed by atoms with Crippen molar-refractivity contribution in [3.8, 4) is 0 Å². The molecule has 3 atom stereocenters. The molecular weight excluding hydrogens is 545 g/mol. The highest BCUT2D eigenvalue weighted by Gasteiger charge is 2.27. The van der Waals surface area contributed by atoms with Crippen LogP contribution in [0.4, 0.5) is 0 Å². The average Bonchev–Trinajstić information content (AvgIpc) is 2.95. The van der Waals surface area contributed by atoms with Crippen molar-refractivity contribution in [2.45, 2.75) is 130 Å². The first-order valence-corrected chi connectivity index (χ1v) is 17.3. The molecule has 0 rings (SSSR count). The molecule has 0 aliphatic carbocycles. The highest BCUT2D eigenvalue weighted by molar-refractivity contribution is 7.47. The van der Waals surface area contributed by atoms with E-state index < -0.39 is 38.4 Å². The highest BCUT2D eigenvalue weighted by Crippen LogP contribution is 2.43. The molecule has 240 valence electrons. The zero-order chi connectivity index (χ0) is 30.6. The molecule has 0 radical (unpaired) electrons. The van der Waals surface area contributed by atoms with Crippen molar-refractivity contribution in [2.75, 3.05) is 26.4 Å². The summed E-state index contributed by atoms with van der Waals surface area (Å²) in [7, 11) is -4.39. The number of esters is 2. The van der Waals surface area contributed by atoms with Crippen LogP contribution in [0.3, 0.4) is 0 Å². The Bertz CT molecular complexity index is 758. The lowest BCUT2D eigenvalue weighted by molar-refractivity contribution is -0.163. The number of nitrogens with two attached hydrogens (primary N) is 1. The third-order valence-corrected chi connectivity index (χ3v) is 7.40. The zero-order valence-corrected chi connectivity index (χ0v) is 26.8. The van der Waals surface area contributed by atoms with Crippen LogP contribution in [0.2, 0.25) is 0 Å². The number of unbranched alkanes of at least 4 members (excludes halogenated alkanes) is 10. The number of phosphoric acid groups is 1. The minimum absolute atomic E-state index is 0.0445. The predicted molar refractivity (Wildman–Crippen MR) is 164 cm³/mol. The molecule has 41 heavy (non-hydrogen) atoms. The van der Waals surface area contributed by atoms with Crippen LogP contribution >= 0.6 is 7.82 Å². The van der Waals surface area contributed by atoms with Gasteiger partial charge in [0.05, 0.1) is 19.1 Å². The van der Waals surface area contributed by atoms with E-state index in [1.165, 1.54) is 19.3 Å². The number of allylic oxidation sites excluding steroid dienone is 3. The molecule has 0 aliphatic heterocycles. The summed E-state index contributed by atoms with van der Waals surface area (Å²) >= 11 is 0. The number of ether oxygens (including phenoxy) is 2. The Morgan fingerprint density at radius 2 is 1.41 bits per heavy atom. The lowest BCUT2D eigenvalue weighted by Gasteiger charge is -2.22. The Kier molecular flexibility index (Phi) is 26.3. The SMILES string of the molecule is CCCCCC=CC(CCCC)C(=O)OC(COC(=O)CCCCC/C=C/CCCCC)COP(=O)(O)OCCN. The zero-order valence-electron chi connectivity index (χ0n) is 25.9. The van der Waals surface area contributed by atoms with Crippen molar-refractivity contribution >= 4 is 19.8 Å². The number of rotatable bonds is 28. The second kappa shape index (κ2) is 27.3. The second-order valence-electron chi connectivity index (χ2n) is 10.4.